The van der Waals surface area contributed by atoms with E-state index in [4.69, 9.17) is 9.57 Å². The number of ether oxygens (including phenoxy) is 1. The van der Waals surface area contributed by atoms with Gasteiger partial charge in [0.1, 0.15) is 6.10 Å². The lowest BCUT2D eigenvalue weighted by atomic mass is 10.0. The summed E-state index contributed by atoms with van der Waals surface area (Å²) in [6.45, 7) is 4.46. The van der Waals surface area contributed by atoms with Crippen LogP contribution in [0.5, 0.6) is 0 Å². The minimum absolute atomic E-state index is 0.0575. The second-order valence-electron chi connectivity index (χ2n) is 11.3. The van der Waals surface area contributed by atoms with Crippen LogP contribution in [0.25, 0.3) is 0 Å². The number of amides is 2. The van der Waals surface area contributed by atoms with Crippen LogP contribution in [-0.2, 0) is 28.8 Å². The van der Waals surface area contributed by atoms with E-state index in [1.165, 1.54) is 89.9 Å². The largest absolute Gasteiger partial charge is 0.462 e. The Bertz CT molecular complexity index is 664. The Kier molecular flexibility index (Phi) is 21.5. The molecule has 0 spiro atoms. The normalized spacial score (nSPS) is 14.2. The molecule has 0 aliphatic carbocycles. The fourth-order valence-electron chi connectivity index (χ4n) is 5.05. The number of carbonyl (C=O) groups excluding carboxylic acids is 4. The predicted octanol–water partition coefficient (Wildman–Crippen LogP) is 8.52. The fraction of sp³-hybridized carbons (Fsp3) is 0.875. The van der Waals surface area contributed by atoms with Crippen LogP contribution in [-0.4, -0.2) is 34.9 Å². The zero-order valence-corrected chi connectivity index (χ0v) is 25.2. The highest BCUT2D eigenvalue weighted by atomic mass is 16.7. The van der Waals surface area contributed by atoms with Crippen molar-refractivity contribution in [3.8, 4) is 0 Å². The maximum Gasteiger partial charge on any atom is 0.336 e. The van der Waals surface area contributed by atoms with Crippen molar-refractivity contribution in [3.63, 3.8) is 0 Å². The average molecular weight is 552 g/mol. The van der Waals surface area contributed by atoms with E-state index in [0.29, 0.717) is 17.9 Å². The van der Waals surface area contributed by atoms with E-state index in [-0.39, 0.29) is 25.2 Å². The number of unbranched alkanes of at least 4 members (excludes halogenated alkanes) is 18. The Morgan fingerprint density at radius 3 is 1.49 bits per heavy atom. The van der Waals surface area contributed by atoms with Crippen LogP contribution >= 0.6 is 0 Å². The van der Waals surface area contributed by atoms with Crippen LogP contribution in [0.15, 0.2) is 0 Å². The number of carbonyl (C=O) groups is 4. The van der Waals surface area contributed by atoms with Gasteiger partial charge in [0.25, 0.3) is 11.8 Å². The first kappa shape index (κ1) is 35.1. The molecule has 1 rings (SSSR count). The lowest BCUT2D eigenvalue weighted by Gasteiger charge is -2.19. The van der Waals surface area contributed by atoms with Crippen LogP contribution in [0.3, 0.4) is 0 Å². The van der Waals surface area contributed by atoms with Gasteiger partial charge in [-0.05, 0) is 19.3 Å². The summed E-state index contributed by atoms with van der Waals surface area (Å²) >= 11 is 0. The molecule has 0 aromatic carbocycles. The van der Waals surface area contributed by atoms with Gasteiger partial charge in [-0.25, -0.2) is 4.79 Å². The molecule has 0 radical (unpaired) electrons. The van der Waals surface area contributed by atoms with Gasteiger partial charge in [-0.15, -0.1) is 5.06 Å². The number of nitrogens with zero attached hydrogens (tertiary/aromatic N) is 1. The second kappa shape index (κ2) is 23.9. The van der Waals surface area contributed by atoms with Crippen LogP contribution in [0.4, 0.5) is 0 Å². The molecule has 1 heterocycles. The van der Waals surface area contributed by atoms with E-state index in [1.54, 1.807) is 0 Å². The van der Waals surface area contributed by atoms with E-state index in [0.717, 1.165) is 38.5 Å². The molecule has 2 amide bonds. The number of hydroxylamine groups is 2. The van der Waals surface area contributed by atoms with Crippen molar-refractivity contribution >= 4 is 23.8 Å². The van der Waals surface area contributed by atoms with E-state index < -0.39 is 23.9 Å². The summed E-state index contributed by atoms with van der Waals surface area (Å²) in [5.41, 5.74) is 0. The van der Waals surface area contributed by atoms with Crippen molar-refractivity contribution in [3.05, 3.63) is 0 Å². The van der Waals surface area contributed by atoms with Crippen molar-refractivity contribution in [2.24, 2.45) is 0 Å². The number of rotatable bonds is 26. The van der Waals surface area contributed by atoms with E-state index in [1.807, 2.05) is 0 Å². The lowest BCUT2D eigenvalue weighted by Crippen LogP contribution is -2.34. The van der Waals surface area contributed by atoms with Gasteiger partial charge in [-0.3, -0.25) is 14.4 Å². The highest BCUT2D eigenvalue weighted by Gasteiger charge is 2.33. The molecule has 1 aliphatic rings. The summed E-state index contributed by atoms with van der Waals surface area (Å²) in [4.78, 5) is 53.5. The van der Waals surface area contributed by atoms with Crippen LogP contribution in [0.2, 0.25) is 0 Å². The Balaban J connectivity index is 2.30. The van der Waals surface area contributed by atoms with E-state index in [9.17, 15) is 19.2 Å². The van der Waals surface area contributed by atoms with Gasteiger partial charge in [0.05, 0.1) is 6.42 Å². The number of esters is 1. The van der Waals surface area contributed by atoms with Gasteiger partial charge >= 0.3 is 11.9 Å². The van der Waals surface area contributed by atoms with Gasteiger partial charge in [0.2, 0.25) is 0 Å². The van der Waals surface area contributed by atoms with Crippen LogP contribution in [0, 0.1) is 0 Å². The molecule has 7 heteroatoms. The molecule has 0 saturated carbocycles. The molecule has 1 fully saturated rings. The van der Waals surface area contributed by atoms with Crippen molar-refractivity contribution in [1.82, 2.24) is 5.06 Å². The molecule has 226 valence electrons. The predicted molar refractivity (Wildman–Crippen MR) is 155 cm³/mol. The molecule has 7 nitrogen and oxygen atoms in total. The summed E-state index contributed by atoms with van der Waals surface area (Å²) in [6.07, 6.45) is 24.3. The van der Waals surface area contributed by atoms with Gasteiger partial charge in [-0.2, -0.15) is 0 Å². The van der Waals surface area contributed by atoms with E-state index >= 15 is 0 Å². The highest BCUT2D eigenvalue weighted by Crippen LogP contribution is 2.18. The molecule has 0 bridgehead atoms. The Hall–Kier alpha value is -1.92. The maximum absolute atomic E-state index is 12.5. The fourth-order valence-corrected chi connectivity index (χ4v) is 5.05. The summed E-state index contributed by atoms with van der Waals surface area (Å²) < 4.78 is 5.68. The topological polar surface area (TPSA) is 90.0 Å². The molecular weight excluding hydrogens is 494 g/mol. The average Bonchev–Trinajstić information content (AvgIpc) is 3.22. The van der Waals surface area contributed by atoms with Gasteiger partial charge in [0, 0.05) is 19.3 Å². The molecule has 0 aromatic heterocycles. The van der Waals surface area contributed by atoms with Gasteiger partial charge in [0.15, 0.2) is 0 Å². The third-order valence-corrected chi connectivity index (χ3v) is 7.51. The third kappa shape index (κ3) is 18.9. The monoisotopic (exact) mass is 551 g/mol. The molecule has 1 aliphatic heterocycles. The quantitative estimate of drug-likeness (QED) is 0.0608. The van der Waals surface area contributed by atoms with Crippen LogP contribution < -0.4 is 0 Å². The second-order valence-corrected chi connectivity index (χ2v) is 11.3. The number of imide groups is 1. The number of hydrogen-bond donors (Lipinski definition) is 0. The highest BCUT2D eigenvalue weighted by molar-refractivity contribution is 6.01. The Morgan fingerprint density at radius 2 is 1.03 bits per heavy atom. The SMILES string of the molecule is CCCCCCCCCCCCCC(=O)O[C@H](CCCCCCCCCCC)CC(=O)ON1C(=O)CCC1=O. The molecular formula is C32H57NO6. The Labute approximate surface area is 238 Å². The van der Waals surface area contributed by atoms with E-state index in [2.05, 4.69) is 13.8 Å². The molecule has 1 saturated heterocycles. The van der Waals surface area contributed by atoms with Crippen molar-refractivity contribution in [2.75, 3.05) is 0 Å². The molecule has 0 N–H and O–H groups in total. The minimum Gasteiger partial charge on any atom is -0.462 e. The van der Waals surface area contributed by atoms with Crippen LogP contribution in [0.1, 0.15) is 174 Å². The zero-order valence-electron chi connectivity index (χ0n) is 25.2. The Morgan fingerprint density at radius 1 is 0.615 bits per heavy atom. The van der Waals surface area contributed by atoms with Crippen molar-refractivity contribution in [1.29, 1.82) is 0 Å². The summed E-state index contributed by atoms with van der Waals surface area (Å²) in [5, 5.41) is 0.560. The molecule has 39 heavy (non-hydrogen) atoms. The first-order valence-corrected chi connectivity index (χ1v) is 16.2. The summed E-state index contributed by atoms with van der Waals surface area (Å²) in [7, 11) is 0. The standard InChI is InChI=1S/C32H57NO6/c1-3-5-7-9-11-13-14-16-18-20-22-24-31(36)38-28(23-21-19-17-15-12-10-8-6-4-2)27-32(37)39-33-29(34)25-26-30(33)35/h28H,3-27H2,1-2H3/t28-/m1/s1. The summed E-state index contributed by atoms with van der Waals surface area (Å²) in [6, 6.07) is 0. The maximum atomic E-state index is 12.5. The first-order valence-electron chi connectivity index (χ1n) is 16.2. The third-order valence-electron chi connectivity index (χ3n) is 7.51. The van der Waals surface area contributed by atoms with Crippen molar-refractivity contribution < 1.29 is 28.8 Å². The lowest BCUT2D eigenvalue weighted by molar-refractivity contribution is -0.199. The van der Waals surface area contributed by atoms with Crippen molar-refractivity contribution in [2.45, 2.75) is 180 Å². The smallest absolute Gasteiger partial charge is 0.336 e. The van der Waals surface area contributed by atoms with Gasteiger partial charge in [-0.1, -0.05) is 129 Å². The molecule has 0 unspecified atom stereocenters. The first-order chi connectivity index (χ1) is 19.0. The van der Waals surface area contributed by atoms with Gasteiger partial charge < -0.3 is 9.57 Å². The zero-order chi connectivity index (χ0) is 28.6. The number of hydrogen-bond acceptors (Lipinski definition) is 6. The minimum atomic E-state index is -0.706. The molecule has 0 aromatic rings. The molecule has 1 atom stereocenters. The summed E-state index contributed by atoms with van der Waals surface area (Å²) in [5.74, 6) is -2.00.